The highest BCUT2D eigenvalue weighted by atomic mass is 79.9. The van der Waals surface area contributed by atoms with Gasteiger partial charge in [-0.1, -0.05) is 52.3 Å². The molecule has 8 heteroatoms. The van der Waals surface area contributed by atoms with Gasteiger partial charge in [-0.2, -0.15) is 0 Å². The van der Waals surface area contributed by atoms with Gasteiger partial charge in [0.25, 0.3) is 5.91 Å². The van der Waals surface area contributed by atoms with Crippen LogP contribution in [0, 0.1) is 12.8 Å². The smallest absolute Gasteiger partial charge is 0.261 e. The van der Waals surface area contributed by atoms with Crippen molar-refractivity contribution in [2.75, 3.05) is 17.2 Å². The summed E-state index contributed by atoms with van der Waals surface area (Å²) in [6.45, 7) is 2.33. The molecule has 0 bridgehead atoms. The second-order valence-corrected chi connectivity index (χ2v) is 9.70. The van der Waals surface area contributed by atoms with Crippen molar-refractivity contribution in [1.29, 1.82) is 0 Å². The number of anilines is 2. The van der Waals surface area contributed by atoms with Gasteiger partial charge in [0.2, 0.25) is 5.91 Å². The van der Waals surface area contributed by atoms with Crippen molar-refractivity contribution < 1.29 is 14.3 Å². The van der Waals surface area contributed by atoms with Crippen LogP contribution in [0.1, 0.15) is 34.3 Å². The van der Waals surface area contributed by atoms with E-state index in [1.54, 1.807) is 12.1 Å². The van der Waals surface area contributed by atoms with Gasteiger partial charge in [-0.3, -0.25) is 14.9 Å². The second-order valence-electron chi connectivity index (χ2n) is 8.37. The second kappa shape index (κ2) is 11.5. The first-order valence-corrected chi connectivity index (χ1v) is 12.6. The van der Waals surface area contributed by atoms with E-state index in [0.717, 1.165) is 40.5 Å². The van der Waals surface area contributed by atoms with Gasteiger partial charge >= 0.3 is 0 Å². The molecular formula is C27H26BrN3O3S. The third kappa shape index (κ3) is 6.90. The molecule has 1 saturated carbocycles. The fraction of sp³-hybridized carbons (Fsp3) is 0.222. The molecule has 0 aromatic heterocycles. The van der Waals surface area contributed by atoms with Gasteiger partial charge in [0.05, 0.1) is 12.2 Å². The largest absolute Gasteiger partial charge is 0.492 e. The van der Waals surface area contributed by atoms with Crippen LogP contribution >= 0.6 is 28.1 Å². The Morgan fingerprint density at radius 2 is 1.71 bits per heavy atom. The molecule has 0 aliphatic heterocycles. The average molecular weight is 552 g/mol. The van der Waals surface area contributed by atoms with Gasteiger partial charge < -0.3 is 15.4 Å². The Morgan fingerprint density at radius 3 is 2.43 bits per heavy atom. The van der Waals surface area contributed by atoms with Crippen molar-refractivity contribution in [2.24, 2.45) is 5.92 Å². The van der Waals surface area contributed by atoms with Gasteiger partial charge in [-0.15, -0.1) is 0 Å². The number of rotatable bonds is 8. The standard InChI is InChI=1S/C27H26BrN3O3S/c1-17-22(29-25(32)19-10-11-19)8-5-9-23(17)30-27(35)31-26(33)21-16-20(28)12-13-24(21)34-15-14-18-6-3-2-4-7-18/h2-9,12-13,16,19H,10-11,14-15H2,1H3,(H,29,32)(H2,30,31,33,35). The van der Waals surface area contributed by atoms with Crippen LogP contribution in [-0.2, 0) is 11.2 Å². The van der Waals surface area contributed by atoms with Gasteiger partial charge in [0, 0.05) is 28.2 Å². The molecule has 0 heterocycles. The summed E-state index contributed by atoms with van der Waals surface area (Å²) in [6, 6.07) is 20.8. The number of benzene rings is 3. The molecule has 0 saturated heterocycles. The summed E-state index contributed by atoms with van der Waals surface area (Å²) < 4.78 is 6.68. The molecule has 3 aromatic rings. The highest BCUT2D eigenvalue weighted by Gasteiger charge is 2.29. The minimum Gasteiger partial charge on any atom is -0.492 e. The number of halogens is 1. The number of carbonyl (C=O) groups excluding carboxylic acids is 2. The van der Waals surface area contributed by atoms with Crippen molar-refractivity contribution in [3.8, 4) is 5.75 Å². The Hall–Kier alpha value is -3.23. The highest BCUT2D eigenvalue weighted by Crippen LogP contribution is 2.31. The topological polar surface area (TPSA) is 79.5 Å². The maximum absolute atomic E-state index is 13.0. The lowest BCUT2D eigenvalue weighted by Crippen LogP contribution is -2.34. The summed E-state index contributed by atoms with van der Waals surface area (Å²) in [6.07, 6.45) is 2.60. The summed E-state index contributed by atoms with van der Waals surface area (Å²) >= 11 is 8.82. The van der Waals surface area contributed by atoms with Gasteiger partial charge in [0.1, 0.15) is 5.75 Å². The SMILES string of the molecule is Cc1c(NC(=O)C2CC2)cccc1NC(=S)NC(=O)c1cc(Br)ccc1OCCc1ccccc1. The number of nitrogens with one attached hydrogen (secondary N) is 3. The average Bonchev–Trinajstić information content (AvgIpc) is 3.69. The lowest BCUT2D eigenvalue weighted by Gasteiger charge is -2.16. The summed E-state index contributed by atoms with van der Waals surface area (Å²) in [5, 5.41) is 8.91. The van der Waals surface area contributed by atoms with E-state index in [-0.39, 0.29) is 22.8 Å². The maximum Gasteiger partial charge on any atom is 0.261 e. The molecule has 0 atom stereocenters. The summed E-state index contributed by atoms with van der Waals surface area (Å²) in [5.41, 5.74) is 3.80. The molecule has 35 heavy (non-hydrogen) atoms. The zero-order valence-electron chi connectivity index (χ0n) is 19.3. The van der Waals surface area contributed by atoms with Crippen molar-refractivity contribution in [3.05, 3.63) is 87.9 Å². The van der Waals surface area contributed by atoms with Crippen LogP contribution in [0.25, 0.3) is 0 Å². The molecular weight excluding hydrogens is 526 g/mol. The molecule has 1 aliphatic carbocycles. The zero-order valence-corrected chi connectivity index (χ0v) is 21.7. The van der Waals surface area contributed by atoms with E-state index in [4.69, 9.17) is 17.0 Å². The van der Waals surface area contributed by atoms with E-state index >= 15 is 0 Å². The monoisotopic (exact) mass is 551 g/mol. The number of thiocarbonyl (C=S) groups is 1. The van der Waals surface area contributed by atoms with E-state index < -0.39 is 0 Å². The maximum atomic E-state index is 13.0. The fourth-order valence-electron chi connectivity index (χ4n) is 3.54. The van der Waals surface area contributed by atoms with Gasteiger partial charge in [-0.05, 0) is 73.4 Å². The minimum atomic E-state index is -0.380. The molecule has 1 fully saturated rings. The first-order valence-electron chi connectivity index (χ1n) is 11.4. The van der Waals surface area contributed by atoms with E-state index in [2.05, 4.69) is 31.9 Å². The molecule has 3 aromatic carbocycles. The number of hydrogen-bond acceptors (Lipinski definition) is 4. The molecule has 180 valence electrons. The van der Waals surface area contributed by atoms with Crippen molar-refractivity contribution in [1.82, 2.24) is 5.32 Å². The number of ether oxygens (including phenoxy) is 1. The van der Waals surface area contributed by atoms with Crippen LogP contribution in [0.5, 0.6) is 5.75 Å². The van der Waals surface area contributed by atoms with Gasteiger partial charge in [-0.25, -0.2) is 0 Å². The quantitative estimate of drug-likeness (QED) is 0.306. The number of carbonyl (C=O) groups is 2. The predicted molar refractivity (Wildman–Crippen MR) is 146 cm³/mol. The predicted octanol–water partition coefficient (Wildman–Crippen LogP) is 5.85. The lowest BCUT2D eigenvalue weighted by atomic mass is 10.1. The van der Waals surface area contributed by atoms with E-state index in [1.807, 2.05) is 61.5 Å². The van der Waals surface area contributed by atoms with Crippen molar-refractivity contribution in [3.63, 3.8) is 0 Å². The fourth-order valence-corrected chi connectivity index (χ4v) is 4.10. The highest BCUT2D eigenvalue weighted by molar-refractivity contribution is 9.10. The van der Waals surface area contributed by atoms with Crippen LogP contribution in [0.4, 0.5) is 11.4 Å². The van der Waals surface area contributed by atoms with Crippen LogP contribution in [0.2, 0.25) is 0 Å². The van der Waals surface area contributed by atoms with Crippen molar-refractivity contribution >= 4 is 56.4 Å². The molecule has 3 N–H and O–H groups in total. The third-order valence-corrected chi connectivity index (χ3v) is 6.39. The number of hydrogen-bond donors (Lipinski definition) is 3. The first-order chi connectivity index (χ1) is 16.9. The zero-order chi connectivity index (χ0) is 24.8. The van der Waals surface area contributed by atoms with Crippen LogP contribution < -0.4 is 20.7 Å². The Kier molecular flexibility index (Phi) is 8.15. The van der Waals surface area contributed by atoms with Gasteiger partial charge in [0.15, 0.2) is 5.11 Å². The molecule has 0 spiro atoms. The van der Waals surface area contributed by atoms with E-state index in [1.165, 1.54) is 0 Å². The summed E-state index contributed by atoms with van der Waals surface area (Å²) in [7, 11) is 0. The third-order valence-electron chi connectivity index (χ3n) is 5.69. The minimum absolute atomic E-state index is 0.0376. The van der Waals surface area contributed by atoms with E-state index in [0.29, 0.717) is 23.6 Å². The number of amides is 2. The first kappa shape index (κ1) is 24.9. The summed E-state index contributed by atoms with van der Waals surface area (Å²) in [5.74, 6) is 0.246. The Labute approximate surface area is 218 Å². The molecule has 0 unspecified atom stereocenters. The van der Waals surface area contributed by atoms with E-state index in [9.17, 15) is 9.59 Å². The van der Waals surface area contributed by atoms with Crippen LogP contribution in [-0.4, -0.2) is 23.5 Å². The Balaban J connectivity index is 1.39. The van der Waals surface area contributed by atoms with Crippen LogP contribution in [0.15, 0.2) is 71.2 Å². The normalized spacial score (nSPS) is 12.5. The lowest BCUT2D eigenvalue weighted by molar-refractivity contribution is -0.117. The molecule has 6 nitrogen and oxygen atoms in total. The molecule has 2 amide bonds. The molecule has 1 aliphatic rings. The Morgan fingerprint density at radius 1 is 1.00 bits per heavy atom. The van der Waals surface area contributed by atoms with Crippen molar-refractivity contribution in [2.45, 2.75) is 26.2 Å². The Bertz CT molecular complexity index is 1250. The molecule has 0 radical (unpaired) electrons. The molecule has 4 rings (SSSR count). The summed E-state index contributed by atoms with van der Waals surface area (Å²) in [4.78, 5) is 25.2. The van der Waals surface area contributed by atoms with Crippen LogP contribution in [0.3, 0.4) is 0 Å².